The van der Waals surface area contributed by atoms with Gasteiger partial charge in [0.1, 0.15) is 0 Å². The Morgan fingerprint density at radius 1 is 1.36 bits per heavy atom. The predicted octanol–water partition coefficient (Wildman–Crippen LogP) is 2.54. The second-order valence-corrected chi connectivity index (χ2v) is 7.09. The molecule has 2 atom stereocenters. The fourth-order valence-corrected chi connectivity index (χ4v) is 2.63. The molecule has 22 heavy (non-hydrogen) atoms. The molecule has 1 aromatic carbocycles. The van der Waals surface area contributed by atoms with Gasteiger partial charge in [0.05, 0.1) is 19.3 Å². The summed E-state index contributed by atoms with van der Waals surface area (Å²) in [6.07, 6.45) is 0.463. The zero-order valence-electron chi connectivity index (χ0n) is 14.1. The summed E-state index contributed by atoms with van der Waals surface area (Å²) in [4.78, 5) is 12.1. The number of benzene rings is 1. The maximum absolute atomic E-state index is 12.1. The largest absolute Gasteiger partial charge is 0.378 e. The monoisotopic (exact) mass is 304 g/mol. The third-order valence-electron chi connectivity index (χ3n) is 4.08. The van der Waals surface area contributed by atoms with E-state index < -0.39 is 0 Å². The van der Waals surface area contributed by atoms with Crippen LogP contribution in [0.2, 0.25) is 0 Å². The molecule has 4 heteroatoms. The van der Waals surface area contributed by atoms with Gasteiger partial charge in [0.2, 0.25) is 5.91 Å². The van der Waals surface area contributed by atoms with E-state index in [4.69, 9.17) is 4.74 Å². The summed E-state index contributed by atoms with van der Waals surface area (Å²) >= 11 is 0. The Hall–Kier alpha value is -1.39. The van der Waals surface area contributed by atoms with Gasteiger partial charge < -0.3 is 15.4 Å². The maximum Gasteiger partial charge on any atom is 0.222 e. The summed E-state index contributed by atoms with van der Waals surface area (Å²) < 4.78 is 5.38. The number of carbonyl (C=O) groups is 1. The molecular formula is C18H28N2O2. The van der Waals surface area contributed by atoms with Gasteiger partial charge in [-0.05, 0) is 23.5 Å². The Labute approximate surface area is 133 Å². The van der Waals surface area contributed by atoms with Gasteiger partial charge >= 0.3 is 0 Å². The number of nitrogens with one attached hydrogen (secondary N) is 2. The smallest absolute Gasteiger partial charge is 0.222 e. The Morgan fingerprint density at radius 3 is 2.59 bits per heavy atom. The van der Waals surface area contributed by atoms with Crippen LogP contribution in [0.3, 0.4) is 0 Å². The van der Waals surface area contributed by atoms with Crippen molar-refractivity contribution in [3.05, 3.63) is 35.4 Å². The van der Waals surface area contributed by atoms with Crippen LogP contribution in [0, 0.1) is 0 Å². The van der Waals surface area contributed by atoms with Gasteiger partial charge in [0.25, 0.3) is 0 Å². The third-order valence-corrected chi connectivity index (χ3v) is 4.08. The quantitative estimate of drug-likeness (QED) is 0.899. The molecule has 1 fully saturated rings. The van der Waals surface area contributed by atoms with Crippen molar-refractivity contribution >= 4 is 5.91 Å². The zero-order valence-corrected chi connectivity index (χ0v) is 14.1. The Bertz CT molecular complexity index is 485. The second-order valence-electron chi connectivity index (χ2n) is 7.09. The predicted molar refractivity (Wildman–Crippen MR) is 88.9 cm³/mol. The Kier molecular flexibility index (Phi) is 5.59. The van der Waals surface area contributed by atoms with Crippen LogP contribution >= 0.6 is 0 Å². The van der Waals surface area contributed by atoms with Crippen molar-refractivity contribution in [3.8, 4) is 0 Å². The lowest BCUT2D eigenvalue weighted by atomic mass is 9.86. The third kappa shape index (κ3) is 4.82. The van der Waals surface area contributed by atoms with E-state index in [1.807, 2.05) is 6.92 Å². The molecule has 4 nitrogen and oxygen atoms in total. The molecule has 0 radical (unpaired) electrons. The molecule has 0 saturated carbocycles. The van der Waals surface area contributed by atoms with E-state index in [0.29, 0.717) is 13.0 Å². The lowest BCUT2D eigenvalue weighted by molar-refractivity contribution is -0.122. The number of hydrogen-bond acceptors (Lipinski definition) is 3. The van der Waals surface area contributed by atoms with E-state index in [1.54, 1.807) is 0 Å². The molecule has 1 saturated heterocycles. The fourth-order valence-electron chi connectivity index (χ4n) is 2.63. The van der Waals surface area contributed by atoms with Crippen molar-refractivity contribution in [3.63, 3.8) is 0 Å². The summed E-state index contributed by atoms with van der Waals surface area (Å²) in [6.45, 7) is 10.8. The van der Waals surface area contributed by atoms with E-state index in [0.717, 1.165) is 18.7 Å². The van der Waals surface area contributed by atoms with Gasteiger partial charge in [0, 0.05) is 19.0 Å². The molecule has 122 valence electrons. The summed E-state index contributed by atoms with van der Waals surface area (Å²) in [7, 11) is 0. The van der Waals surface area contributed by atoms with Gasteiger partial charge in [-0.3, -0.25) is 4.79 Å². The highest BCUT2D eigenvalue weighted by molar-refractivity contribution is 5.77. The van der Waals surface area contributed by atoms with E-state index in [1.165, 1.54) is 5.56 Å². The summed E-state index contributed by atoms with van der Waals surface area (Å²) in [6, 6.07) is 8.65. The van der Waals surface area contributed by atoms with Crippen LogP contribution in [0.4, 0.5) is 0 Å². The van der Waals surface area contributed by atoms with Crippen molar-refractivity contribution in [1.82, 2.24) is 10.6 Å². The first-order valence-corrected chi connectivity index (χ1v) is 8.07. The van der Waals surface area contributed by atoms with Crippen molar-refractivity contribution in [2.24, 2.45) is 0 Å². The number of amides is 1. The lowest BCUT2D eigenvalue weighted by Crippen LogP contribution is -2.44. The van der Waals surface area contributed by atoms with E-state index in [9.17, 15) is 4.79 Å². The van der Waals surface area contributed by atoms with E-state index in [2.05, 4.69) is 55.7 Å². The number of morpholine rings is 1. The first kappa shape index (κ1) is 17.0. The number of rotatable bonds is 4. The van der Waals surface area contributed by atoms with Crippen molar-refractivity contribution in [2.45, 2.75) is 51.6 Å². The van der Waals surface area contributed by atoms with Gasteiger partial charge in [-0.1, -0.05) is 45.0 Å². The number of ether oxygens (including phenoxy) is 1. The van der Waals surface area contributed by atoms with Crippen LogP contribution in [-0.2, 0) is 14.9 Å². The van der Waals surface area contributed by atoms with Crippen molar-refractivity contribution in [2.75, 3.05) is 19.8 Å². The van der Waals surface area contributed by atoms with Crippen LogP contribution in [0.1, 0.15) is 51.3 Å². The van der Waals surface area contributed by atoms with Crippen molar-refractivity contribution in [1.29, 1.82) is 0 Å². The first-order valence-electron chi connectivity index (χ1n) is 8.07. The second kappa shape index (κ2) is 7.25. The highest BCUT2D eigenvalue weighted by Gasteiger charge is 2.19. The normalized spacial score (nSPS) is 20.5. The molecule has 1 heterocycles. The summed E-state index contributed by atoms with van der Waals surface area (Å²) in [5.41, 5.74) is 2.59. The van der Waals surface area contributed by atoms with Gasteiger partial charge in [-0.2, -0.15) is 0 Å². The minimum atomic E-state index is 0.0195. The molecule has 2 N–H and O–H groups in total. The topological polar surface area (TPSA) is 50.4 Å². The van der Waals surface area contributed by atoms with Crippen LogP contribution in [0.15, 0.2) is 24.3 Å². The minimum Gasteiger partial charge on any atom is -0.378 e. The number of hydrogen-bond donors (Lipinski definition) is 2. The maximum atomic E-state index is 12.1. The molecule has 0 aromatic heterocycles. The highest BCUT2D eigenvalue weighted by Crippen LogP contribution is 2.23. The SMILES string of the molecule is CC(NC(=O)CC1COCCN1)c1ccc(C(C)(C)C)cc1. The Morgan fingerprint density at radius 2 is 2.05 bits per heavy atom. The van der Waals surface area contributed by atoms with E-state index in [-0.39, 0.29) is 23.4 Å². The molecule has 2 unspecified atom stereocenters. The molecule has 2 rings (SSSR count). The standard InChI is InChI=1S/C18H28N2O2/c1-13(14-5-7-15(8-6-14)18(2,3)4)20-17(21)11-16-12-22-10-9-19-16/h5-8,13,16,19H,9-12H2,1-4H3,(H,20,21). The Balaban J connectivity index is 1.88. The van der Waals surface area contributed by atoms with Crippen LogP contribution < -0.4 is 10.6 Å². The number of carbonyl (C=O) groups excluding carboxylic acids is 1. The average Bonchev–Trinajstić information content (AvgIpc) is 2.47. The molecular weight excluding hydrogens is 276 g/mol. The summed E-state index contributed by atoms with van der Waals surface area (Å²) in [5, 5.41) is 6.37. The lowest BCUT2D eigenvalue weighted by Gasteiger charge is -2.24. The molecule has 0 spiro atoms. The summed E-state index contributed by atoms with van der Waals surface area (Å²) in [5.74, 6) is 0.0652. The zero-order chi connectivity index (χ0) is 16.2. The van der Waals surface area contributed by atoms with Gasteiger partial charge in [-0.15, -0.1) is 0 Å². The molecule has 0 bridgehead atoms. The average molecular weight is 304 g/mol. The first-order chi connectivity index (χ1) is 10.4. The van der Waals surface area contributed by atoms with Crippen LogP contribution in [0.25, 0.3) is 0 Å². The van der Waals surface area contributed by atoms with Gasteiger partial charge in [0.15, 0.2) is 0 Å². The minimum absolute atomic E-state index is 0.0195. The van der Waals surface area contributed by atoms with Crippen LogP contribution in [0.5, 0.6) is 0 Å². The fraction of sp³-hybridized carbons (Fsp3) is 0.611. The molecule has 1 aromatic rings. The molecule has 0 aliphatic carbocycles. The molecule has 1 amide bonds. The highest BCUT2D eigenvalue weighted by atomic mass is 16.5. The van der Waals surface area contributed by atoms with Crippen LogP contribution in [-0.4, -0.2) is 31.7 Å². The van der Waals surface area contributed by atoms with E-state index >= 15 is 0 Å². The van der Waals surface area contributed by atoms with Crippen molar-refractivity contribution < 1.29 is 9.53 Å². The molecule has 1 aliphatic heterocycles. The van der Waals surface area contributed by atoms with Gasteiger partial charge in [-0.25, -0.2) is 0 Å². The molecule has 1 aliphatic rings.